The average molecular weight is 430 g/mol. The van der Waals surface area contributed by atoms with Gasteiger partial charge in [0.05, 0.1) is 18.3 Å². The molecule has 150 valence electrons. The van der Waals surface area contributed by atoms with Crippen molar-refractivity contribution in [3.63, 3.8) is 0 Å². The Hall–Kier alpha value is -2.71. The summed E-state index contributed by atoms with van der Waals surface area (Å²) in [7, 11) is 0. The lowest BCUT2D eigenvalue weighted by Gasteiger charge is -2.35. The molecule has 0 aliphatic carbocycles. The summed E-state index contributed by atoms with van der Waals surface area (Å²) in [6, 6.07) is 7.21. The van der Waals surface area contributed by atoms with E-state index in [1.165, 1.54) is 11.3 Å². The first-order valence-electron chi connectivity index (χ1n) is 9.28. The quantitative estimate of drug-likeness (QED) is 0.599. The van der Waals surface area contributed by atoms with Crippen LogP contribution in [-0.4, -0.2) is 51.9 Å². The molecule has 0 unspecified atom stereocenters. The molecule has 3 aromatic rings. The SMILES string of the molecule is O=C(Cc1csc(COc2ccc(Cl)cc2)n1)N1CCN(c2cnccn2)CC1. The molecule has 1 saturated heterocycles. The number of halogens is 1. The summed E-state index contributed by atoms with van der Waals surface area (Å²) >= 11 is 7.38. The maximum absolute atomic E-state index is 12.6. The number of amides is 1. The van der Waals surface area contributed by atoms with Gasteiger partial charge >= 0.3 is 0 Å². The Labute approximate surface area is 177 Å². The molecule has 4 rings (SSSR count). The minimum atomic E-state index is 0.0965. The maximum atomic E-state index is 12.6. The topological polar surface area (TPSA) is 71.5 Å². The van der Waals surface area contributed by atoms with E-state index in [4.69, 9.17) is 16.3 Å². The van der Waals surface area contributed by atoms with Gasteiger partial charge in [-0.05, 0) is 24.3 Å². The molecule has 1 aromatic carbocycles. The van der Waals surface area contributed by atoms with Crippen LogP contribution in [0.1, 0.15) is 10.7 Å². The van der Waals surface area contributed by atoms with Gasteiger partial charge in [0.15, 0.2) is 0 Å². The molecule has 1 fully saturated rings. The molecule has 1 aliphatic heterocycles. The number of benzene rings is 1. The summed E-state index contributed by atoms with van der Waals surface area (Å²) in [4.78, 5) is 29.6. The number of thiazole rings is 1. The highest BCUT2D eigenvalue weighted by Gasteiger charge is 2.22. The fraction of sp³-hybridized carbons (Fsp3) is 0.300. The highest BCUT2D eigenvalue weighted by Crippen LogP contribution is 2.19. The Morgan fingerprint density at radius 1 is 1.14 bits per heavy atom. The highest BCUT2D eigenvalue weighted by atomic mass is 35.5. The zero-order chi connectivity index (χ0) is 20.1. The second-order valence-corrected chi connectivity index (χ2v) is 7.96. The number of nitrogens with zero attached hydrogens (tertiary/aromatic N) is 5. The van der Waals surface area contributed by atoms with E-state index >= 15 is 0 Å². The first kappa shape index (κ1) is 19.6. The largest absolute Gasteiger partial charge is 0.486 e. The molecular weight excluding hydrogens is 410 g/mol. The van der Waals surface area contributed by atoms with Gasteiger partial charge < -0.3 is 14.5 Å². The summed E-state index contributed by atoms with van der Waals surface area (Å²) < 4.78 is 5.71. The fourth-order valence-electron chi connectivity index (χ4n) is 3.08. The van der Waals surface area contributed by atoms with Crippen LogP contribution in [0.15, 0.2) is 48.2 Å². The van der Waals surface area contributed by atoms with Gasteiger partial charge in [-0.1, -0.05) is 11.6 Å². The van der Waals surface area contributed by atoms with Gasteiger partial charge in [0, 0.05) is 49.0 Å². The molecule has 3 heterocycles. The van der Waals surface area contributed by atoms with Crippen LogP contribution in [0.25, 0.3) is 0 Å². The Morgan fingerprint density at radius 3 is 2.66 bits per heavy atom. The number of ether oxygens (including phenoxy) is 1. The smallest absolute Gasteiger partial charge is 0.228 e. The number of hydrogen-bond donors (Lipinski definition) is 0. The van der Waals surface area contributed by atoms with Gasteiger partial charge in [-0.15, -0.1) is 11.3 Å². The number of hydrogen-bond acceptors (Lipinski definition) is 7. The van der Waals surface area contributed by atoms with Crippen molar-refractivity contribution in [1.29, 1.82) is 0 Å². The number of piperazine rings is 1. The van der Waals surface area contributed by atoms with E-state index in [2.05, 4.69) is 19.9 Å². The molecular formula is C20H20ClN5O2S. The minimum absolute atomic E-state index is 0.0965. The van der Waals surface area contributed by atoms with Crippen molar-refractivity contribution < 1.29 is 9.53 Å². The predicted octanol–water partition coefficient (Wildman–Crippen LogP) is 3.06. The van der Waals surface area contributed by atoms with Gasteiger partial charge in [-0.3, -0.25) is 9.78 Å². The van der Waals surface area contributed by atoms with Crippen molar-refractivity contribution in [2.75, 3.05) is 31.1 Å². The van der Waals surface area contributed by atoms with Crippen LogP contribution in [0.2, 0.25) is 5.02 Å². The number of anilines is 1. The van der Waals surface area contributed by atoms with E-state index in [1.807, 2.05) is 22.4 Å². The van der Waals surface area contributed by atoms with Gasteiger partial charge in [0.2, 0.25) is 5.91 Å². The van der Waals surface area contributed by atoms with Crippen molar-refractivity contribution in [1.82, 2.24) is 19.9 Å². The molecule has 0 bridgehead atoms. The van der Waals surface area contributed by atoms with E-state index in [-0.39, 0.29) is 5.91 Å². The summed E-state index contributed by atoms with van der Waals surface area (Å²) in [5.41, 5.74) is 0.783. The third kappa shape index (κ3) is 5.21. The van der Waals surface area contributed by atoms with Crippen molar-refractivity contribution >= 4 is 34.7 Å². The van der Waals surface area contributed by atoms with Gasteiger partial charge in [0.1, 0.15) is 23.2 Å². The van der Waals surface area contributed by atoms with Crippen molar-refractivity contribution in [2.24, 2.45) is 0 Å². The van der Waals surface area contributed by atoms with Crippen LogP contribution in [-0.2, 0) is 17.8 Å². The van der Waals surface area contributed by atoms with E-state index in [1.54, 1.807) is 30.7 Å². The Balaban J connectivity index is 1.25. The van der Waals surface area contributed by atoms with Crippen LogP contribution in [0.5, 0.6) is 5.75 Å². The summed E-state index contributed by atoms with van der Waals surface area (Å²) in [6.07, 6.45) is 5.40. The lowest BCUT2D eigenvalue weighted by molar-refractivity contribution is -0.130. The standard InChI is InChI=1S/C20H20ClN5O2S/c21-15-1-3-17(4-2-15)28-13-19-24-16(14-29-19)11-20(27)26-9-7-25(8-10-26)18-12-22-5-6-23-18/h1-6,12,14H,7-11,13H2. The number of carbonyl (C=O) groups excluding carboxylic acids is 1. The Morgan fingerprint density at radius 2 is 1.93 bits per heavy atom. The second kappa shape index (κ2) is 9.19. The number of carbonyl (C=O) groups is 1. The molecule has 1 aliphatic rings. The lowest BCUT2D eigenvalue weighted by Crippen LogP contribution is -2.49. The van der Waals surface area contributed by atoms with Crippen molar-refractivity contribution in [3.8, 4) is 5.75 Å². The van der Waals surface area contributed by atoms with Crippen molar-refractivity contribution in [2.45, 2.75) is 13.0 Å². The van der Waals surface area contributed by atoms with Gasteiger partial charge in [0.25, 0.3) is 0 Å². The Bertz CT molecular complexity index is 943. The van der Waals surface area contributed by atoms with Gasteiger partial charge in [-0.25, -0.2) is 9.97 Å². The highest BCUT2D eigenvalue weighted by molar-refractivity contribution is 7.09. The van der Waals surface area contributed by atoms with E-state index in [9.17, 15) is 4.79 Å². The third-order valence-corrected chi connectivity index (χ3v) is 5.74. The zero-order valence-corrected chi connectivity index (χ0v) is 17.3. The number of rotatable bonds is 6. The molecule has 2 aromatic heterocycles. The average Bonchev–Trinajstić information content (AvgIpc) is 3.21. The molecule has 7 nitrogen and oxygen atoms in total. The van der Waals surface area contributed by atoms with Crippen LogP contribution < -0.4 is 9.64 Å². The molecule has 9 heteroatoms. The van der Waals surface area contributed by atoms with Crippen LogP contribution in [0.3, 0.4) is 0 Å². The fourth-order valence-corrected chi connectivity index (χ4v) is 3.91. The lowest BCUT2D eigenvalue weighted by atomic mass is 10.2. The minimum Gasteiger partial charge on any atom is -0.486 e. The first-order valence-corrected chi connectivity index (χ1v) is 10.5. The van der Waals surface area contributed by atoms with Crippen LogP contribution >= 0.6 is 22.9 Å². The molecule has 0 atom stereocenters. The monoisotopic (exact) mass is 429 g/mol. The summed E-state index contributed by atoms with van der Waals surface area (Å²) in [5.74, 6) is 1.69. The zero-order valence-electron chi connectivity index (χ0n) is 15.7. The second-order valence-electron chi connectivity index (χ2n) is 6.58. The molecule has 0 spiro atoms. The third-order valence-electron chi connectivity index (χ3n) is 4.61. The van der Waals surface area contributed by atoms with Crippen LogP contribution in [0.4, 0.5) is 5.82 Å². The predicted molar refractivity (Wildman–Crippen MR) is 112 cm³/mol. The molecule has 0 radical (unpaired) electrons. The van der Waals surface area contributed by atoms with Crippen LogP contribution in [0, 0.1) is 0 Å². The summed E-state index contributed by atoms with van der Waals surface area (Å²) in [5, 5.41) is 3.44. The summed E-state index contributed by atoms with van der Waals surface area (Å²) in [6.45, 7) is 3.22. The maximum Gasteiger partial charge on any atom is 0.228 e. The van der Waals surface area contributed by atoms with E-state index < -0.39 is 0 Å². The molecule has 0 N–H and O–H groups in total. The number of aromatic nitrogens is 3. The first-order chi connectivity index (χ1) is 14.2. The molecule has 0 saturated carbocycles. The Kier molecular flexibility index (Phi) is 6.21. The van der Waals surface area contributed by atoms with E-state index in [0.29, 0.717) is 31.1 Å². The van der Waals surface area contributed by atoms with Crippen molar-refractivity contribution in [3.05, 3.63) is 64.0 Å². The van der Waals surface area contributed by atoms with E-state index in [0.717, 1.165) is 35.4 Å². The molecule has 29 heavy (non-hydrogen) atoms. The van der Waals surface area contributed by atoms with Gasteiger partial charge in [-0.2, -0.15) is 0 Å². The normalized spacial score (nSPS) is 14.1. The molecule has 1 amide bonds.